The molecule has 21 heavy (non-hydrogen) atoms. The molecule has 1 heterocycles. The molecule has 0 aliphatic carbocycles. The number of nitriles is 1. The quantitative estimate of drug-likeness (QED) is 0.737. The van der Waals surface area contributed by atoms with Crippen LogP contribution in [0.2, 0.25) is 0 Å². The van der Waals surface area contributed by atoms with Crippen LogP contribution in [0.15, 0.2) is 29.6 Å². The first-order valence-electron chi connectivity index (χ1n) is 6.90. The molecule has 0 aliphatic rings. The summed E-state index contributed by atoms with van der Waals surface area (Å²) in [6.45, 7) is 4.43. The van der Waals surface area contributed by atoms with Gasteiger partial charge in [0.1, 0.15) is 11.8 Å². The molecule has 0 fully saturated rings. The molecule has 110 valence electrons. The number of hydrogen-bond donors (Lipinski definition) is 0. The van der Waals surface area contributed by atoms with E-state index in [-0.39, 0.29) is 0 Å². The van der Waals surface area contributed by atoms with Gasteiger partial charge in [0.2, 0.25) is 0 Å². The van der Waals surface area contributed by atoms with Gasteiger partial charge in [0.25, 0.3) is 0 Å². The molecule has 1 aromatic carbocycles. The van der Waals surface area contributed by atoms with Crippen molar-refractivity contribution >= 4 is 11.3 Å². The fourth-order valence-electron chi connectivity index (χ4n) is 2.04. The lowest BCUT2D eigenvalue weighted by molar-refractivity contribution is 0.257. The Hall–Kier alpha value is -1.90. The van der Waals surface area contributed by atoms with E-state index >= 15 is 0 Å². The molecule has 5 heteroatoms. The van der Waals surface area contributed by atoms with Crippen molar-refractivity contribution < 1.29 is 4.74 Å². The fourth-order valence-corrected chi connectivity index (χ4v) is 2.64. The smallest absolute Gasteiger partial charge is 0.137 e. The van der Waals surface area contributed by atoms with Gasteiger partial charge >= 0.3 is 0 Å². The van der Waals surface area contributed by atoms with Crippen LogP contribution in [0, 0.1) is 18.3 Å². The van der Waals surface area contributed by atoms with Crippen LogP contribution < -0.4 is 4.74 Å². The highest BCUT2D eigenvalue weighted by Gasteiger charge is 2.05. The molecule has 2 aromatic rings. The number of thiazole rings is 1. The average molecular weight is 301 g/mol. The van der Waals surface area contributed by atoms with E-state index in [9.17, 15) is 0 Å². The number of hydrogen-bond acceptors (Lipinski definition) is 5. The maximum absolute atomic E-state index is 8.99. The molecule has 2 rings (SSSR count). The Morgan fingerprint density at radius 1 is 1.38 bits per heavy atom. The van der Waals surface area contributed by atoms with E-state index in [1.807, 2.05) is 25.1 Å². The summed E-state index contributed by atoms with van der Waals surface area (Å²) in [6, 6.07) is 9.47. The third kappa shape index (κ3) is 4.85. The van der Waals surface area contributed by atoms with Gasteiger partial charge in [-0.25, -0.2) is 4.98 Å². The van der Waals surface area contributed by atoms with Gasteiger partial charge in [-0.1, -0.05) is 12.1 Å². The van der Waals surface area contributed by atoms with Crippen LogP contribution in [0.4, 0.5) is 0 Å². The zero-order valence-electron chi connectivity index (χ0n) is 12.4. The monoisotopic (exact) mass is 301 g/mol. The second-order valence-corrected chi connectivity index (χ2v) is 5.97. The van der Waals surface area contributed by atoms with Crippen molar-refractivity contribution in [2.24, 2.45) is 0 Å². The number of para-hydroxylation sites is 1. The summed E-state index contributed by atoms with van der Waals surface area (Å²) in [5, 5.41) is 12.2. The van der Waals surface area contributed by atoms with Gasteiger partial charge in [-0.2, -0.15) is 5.26 Å². The maximum Gasteiger partial charge on any atom is 0.137 e. The first-order valence-corrected chi connectivity index (χ1v) is 7.78. The molecular weight excluding hydrogens is 282 g/mol. The van der Waals surface area contributed by atoms with Crippen LogP contribution in [-0.4, -0.2) is 30.1 Å². The van der Waals surface area contributed by atoms with Crippen LogP contribution in [0.5, 0.6) is 5.75 Å². The molecule has 0 amide bonds. The second kappa shape index (κ2) is 7.77. The molecular formula is C16H19N3OS. The fraction of sp³-hybridized carbons (Fsp3) is 0.375. The number of aromatic nitrogens is 1. The van der Waals surface area contributed by atoms with E-state index in [2.05, 4.69) is 28.4 Å². The Balaban J connectivity index is 1.71. The summed E-state index contributed by atoms with van der Waals surface area (Å²) in [7, 11) is 2.08. The molecule has 0 atom stereocenters. The van der Waals surface area contributed by atoms with E-state index in [0.717, 1.165) is 30.2 Å². The van der Waals surface area contributed by atoms with E-state index < -0.39 is 0 Å². The van der Waals surface area contributed by atoms with Crippen LogP contribution in [0.25, 0.3) is 0 Å². The molecule has 0 saturated carbocycles. The molecule has 4 nitrogen and oxygen atoms in total. The lowest BCUT2D eigenvalue weighted by Crippen LogP contribution is -2.21. The second-order valence-electron chi connectivity index (χ2n) is 4.91. The van der Waals surface area contributed by atoms with Crippen LogP contribution in [0.3, 0.4) is 0 Å². The molecule has 0 aliphatic heterocycles. The summed E-state index contributed by atoms with van der Waals surface area (Å²) in [6.07, 6.45) is 0.916. The minimum atomic E-state index is 0.587. The first-order chi connectivity index (χ1) is 10.2. The lowest BCUT2D eigenvalue weighted by Gasteiger charge is -2.15. The van der Waals surface area contributed by atoms with Gasteiger partial charge < -0.3 is 9.64 Å². The average Bonchev–Trinajstić information content (AvgIpc) is 2.89. The summed E-state index contributed by atoms with van der Waals surface area (Å²) < 4.78 is 5.67. The summed E-state index contributed by atoms with van der Waals surface area (Å²) in [5.41, 5.74) is 1.71. The molecule has 0 N–H and O–H groups in total. The van der Waals surface area contributed by atoms with Gasteiger partial charge in [0, 0.05) is 18.5 Å². The number of aryl methyl sites for hydroxylation is 1. The third-order valence-electron chi connectivity index (χ3n) is 3.05. The summed E-state index contributed by atoms with van der Waals surface area (Å²) in [4.78, 5) is 6.69. The molecule has 0 radical (unpaired) electrons. The van der Waals surface area contributed by atoms with Crippen molar-refractivity contribution in [2.75, 3.05) is 20.2 Å². The largest absolute Gasteiger partial charge is 0.492 e. The minimum Gasteiger partial charge on any atom is -0.492 e. The Morgan fingerprint density at radius 2 is 2.19 bits per heavy atom. The highest BCUT2D eigenvalue weighted by molar-refractivity contribution is 7.09. The predicted octanol–water partition coefficient (Wildman–Crippen LogP) is 3.22. The van der Waals surface area contributed by atoms with Gasteiger partial charge in [-0.15, -0.1) is 11.3 Å². The number of ether oxygens (including phenoxy) is 1. The van der Waals surface area contributed by atoms with Crippen LogP contribution in [-0.2, 0) is 6.54 Å². The number of benzene rings is 1. The molecule has 0 unspecified atom stereocenters. The van der Waals surface area contributed by atoms with E-state index in [4.69, 9.17) is 10.00 Å². The Morgan fingerprint density at radius 3 is 2.90 bits per heavy atom. The molecule has 1 aromatic heterocycles. The van der Waals surface area contributed by atoms with Crippen molar-refractivity contribution in [3.8, 4) is 11.8 Å². The van der Waals surface area contributed by atoms with Gasteiger partial charge in [0.15, 0.2) is 0 Å². The Kier molecular flexibility index (Phi) is 5.73. The predicted molar refractivity (Wildman–Crippen MR) is 84.5 cm³/mol. The maximum atomic E-state index is 8.99. The first kappa shape index (κ1) is 15.5. The van der Waals surface area contributed by atoms with Crippen molar-refractivity contribution in [3.63, 3.8) is 0 Å². The molecule has 0 saturated heterocycles. The summed E-state index contributed by atoms with van der Waals surface area (Å²) >= 11 is 1.68. The van der Waals surface area contributed by atoms with Gasteiger partial charge in [0.05, 0.1) is 22.9 Å². The SMILES string of the molecule is Cc1nc(CN(C)CCCOc2ccccc2C#N)cs1. The van der Waals surface area contributed by atoms with Crippen molar-refractivity contribution in [3.05, 3.63) is 45.9 Å². The van der Waals surface area contributed by atoms with E-state index in [1.54, 1.807) is 17.4 Å². The van der Waals surface area contributed by atoms with E-state index in [1.165, 1.54) is 0 Å². The Labute approximate surface area is 129 Å². The third-order valence-corrected chi connectivity index (χ3v) is 3.87. The number of rotatable bonds is 7. The van der Waals surface area contributed by atoms with Crippen molar-refractivity contribution in [1.29, 1.82) is 5.26 Å². The number of nitrogens with zero attached hydrogens (tertiary/aromatic N) is 3. The summed E-state index contributed by atoms with van der Waals surface area (Å²) in [5.74, 6) is 0.665. The van der Waals surface area contributed by atoms with Crippen molar-refractivity contribution in [2.45, 2.75) is 19.9 Å². The highest BCUT2D eigenvalue weighted by atomic mass is 32.1. The Bertz CT molecular complexity index is 618. The minimum absolute atomic E-state index is 0.587. The lowest BCUT2D eigenvalue weighted by atomic mass is 10.2. The van der Waals surface area contributed by atoms with E-state index in [0.29, 0.717) is 17.9 Å². The standard InChI is InChI=1S/C16H19N3OS/c1-13-18-15(12-21-13)11-19(2)8-5-9-20-16-7-4-3-6-14(16)10-17/h3-4,6-7,12H,5,8-9,11H2,1-2H3. The zero-order valence-corrected chi connectivity index (χ0v) is 13.2. The van der Waals surface area contributed by atoms with Crippen molar-refractivity contribution in [1.82, 2.24) is 9.88 Å². The highest BCUT2D eigenvalue weighted by Crippen LogP contribution is 2.16. The van der Waals surface area contributed by atoms with Gasteiger partial charge in [-0.3, -0.25) is 0 Å². The topological polar surface area (TPSA) is 49.2 Å². The zero-order chi connectivity index (χ0) is 15.1. The van der Waals surface area contributed by atoms with Crippen LogP contribution >= 0.6 is 11.3 Å². The molecule has 0 bridgehead atoms. The molecule has 0 spiro atoms. The normalized spacial score (nSPS) is 10.6. The van der Waals surface area contributed by atoms with Gasteiger partial charge in [-0.05, 0) is 32.5 Å². The van der Waals surface area contributed by atoms with Crippen LogP contribution in [0.1, 0.15) is 22.7 Å².